The molecule has 0 spiro atoms. The molecular formula is C12H15N3O3. The van der Waals surface area contributed by atoms with E-state index in [2.05, 4.69) is 11.6 Å². The Morgan fingerprint density at radius 2 is 2.39 bits per heavy atom. The van der Waals surface area contributed by atoms with Crippen molar-refractivity contribution in [3.8, 4) is 0 Å². The minimum Gasteiger partial charge on any atom is -0.506 e. The van der Waals surface area contributed by atoms with Crippen LogP contribution in [-0.2, 0) is 9.53 Å². The molecule has 0 bridgehead atoms. The first kappa shape index (κ1) is 12.2. The fourth-order valence-corrected chi connectivity index (χ4v) is 2.10. The van der Waals surface area contributed by atoms with Crippen LogP contribution in [0.3, 0.4) is 0 Å². The summed E-state index contributed by atoms with van der Waals surface area (Å²) in [5.74, 6) is -0.228. The third kappa shape index (κ3) is 1.75. The minimum atomic E-state index is -0.498. The van der Waals surface area contributed by atoms with Crippen LogP contribution in [0, 0.1) is 0 Å². The number of esters is 1. The molecule has 2 aliphatic heterocycles. The zero-order chi connectivity index (χ0) is 13.4. The van der Waals surface area contributed by atoms with E-state index in [1.54, 1.807) is 4.90 Å². The van der Waals surface area contributed by atoms with Crippen molar-refractivity contribution in [2.45, 2.75) is 19.4 Å². The quantitative estimate of drug-likeness (QED) is 0.558. The number of nitrogens with zero attached hydrogens (tertiary/aromatic N) is 2. The molecule has 18 heavy (non-hydrogen) atoms. The molecule has 0 amide bonds. The van der Waals surface area contributed by atoms with Crippen LogP contribution < -0.4 is 5.73 Å². The summed E-state index contributed by atoms with van der Waals surface area (Å²) in [5, 5.41) is 9.42. The predicted molar refractivity (Wildman–Crippen MR) is 66.4 cm³/mol. The highest BCUT2D eigenvalue weighted by molar-refractivity contribution is 6.11. The normalized spacial score (nSPS) is 22.3. The van der Waals surface area contributed by atoms with Crippen LogP contribution in [0.1, 0.15) is 13.3 Å². The molecule has 2 aliphatic rings. The van der Waals surface area contributed by atoms with Crippen molar-refractivity contribution in [3.63, 3.8) is 0 Å². The standard InChI is InChI=1S/C12H15N3O3/c1-6-4-8(13)11-14-9(7(2)16)5-10(15(6)11)12(17)18-3/h5-6,16H,2,4,13H2,1,3H3/t6-/m0/s1. The lowest BCUT2D eigenvalue weighted by Crippen LogP contribution is -2.34. The zero-order valence-electron chi connectivity index (χ0n) is 10.3. The second-order valence-corrected chi connectivity index (χ2v) is 4.24. The van der Waals surface area contributed by atoms with Gasteiger partial charge in [0.2, 0.25) is 0 Å². The van der Waals surface area contributed by atoms with Gasteiger partial charge in [0, 0.05) is 12.5 Å². The molecule has 0 aromatic heterocycles. The van der Waals surface area contributed by atoms with E-state index in [1.807, 2.05) is 6.92 Å². The van der Waals surface area contributed by atoms with Crippen molar-refractivity contribution in [2.24, 2.45) is 10.7 Å². The van der Waals surface area contributed by atoms with Gasteiger partial charge in [0.05, 0.1) is 12.8 Å². The summed E-state index contributed by atoms with van der Waals surface area (Å²) in [5.41, 5.74) is 6.99. The molecule has 6 heteroatoms. The minimum absolute atomic E-state index is 0.0302. The van der Waals surface area contributed by atoms with Crippen LogP contribution in [0.4, 0.5) is 0 Å². The number of hydrogen-bond acceptors (Lipinski definition) is 6. The van der Waals surface area contributed by atoms with Gasteiger partial charge >= 0.3 is 5.97 Å². The highest BCUT2D eigenvalue weighted by Crippen LogP contribution is 2.34. The number of aliphatic imine (C=N–C) groups is 1. The van der Waals surface area contributed by atoms with E-state index in [0.717, 1.165) is 0 Å². The number of rotatable bonds is 2. The van der Waals surface area contributed by atoms with Gasteiger partial charge in [0.1, 0.15) is 17.2 Å². The molecule has 2 rings (SSSR count). The average Bonchev–Trinajstić information content (AvgIpc) is 2.63. The van der Waals surface area contributed by atoms with Crippen LogP contribution in [0.5, 0.6) is 0 Å². The Bertz CT molecular complexity index is 517. The third-order valence-corrected chi connectivity index (χ3v) is 2.92. The molecule has 0 aliphatic carbocycles. The molecule has 3 N–H and O–H groups in total. The van der Waals surface area contributed by atoms with Gasteiger partial charge < -0.3 is 20.5 Å². The monoisotopic (exact) mass is 249 g/mol. The van der Waals surface area contributed by atoms with E-state index < -0.39 is 5.97 Å². The van der Waals surface area contributed by atoms with Crippen molar-refractivity contribution in [2.75, 3.05) is 7.11 Å². The number of ether oxygens (including phenoxy) is 1. The number of methoxy groups -OCH3 is 1. The molecule has 0 aromatic rings. The van der Waals surface area contributed by atoms with E-state index in [-0.39, 0.29) is 17.5 Å². The van der Waals surface area contributed by atoms with Gasteiger partial charge in [-0.25, -0.2) is 9.79 Å². The lowest BCUT2D eigenvalue weighted by Gasteiger charge is -2.29. The van der Waals surface area contributed by atoms with E-state index >= 15 is 0 Å². The molecule has 0 radical (unpaired) electrons. The van der Waals surface area contributed by atoms with Gasteiger partial charge in [-0.05, 0) is 13.0 Å². The zero-order valence-corrected chi connectivity index (χ0v) is 10.3. The third-order valence-electron chi connectivity index (χ3n) is 2.92. The highest BCUT2D eigenvalue weighted by Gasteiger charge is 2.36. The van der Waals surface area contributed by atoms with Crippen molar-refractivity contribution in [1.29, 1.82) is 0 Å². The van der Waals surface area contributed by atoms with Gasteiger partial charge in [0.15, 0.2) is 5.82 Å². The van der Waals surface area contributed by atoms with Crippen molar-refractivity contribution in [1.82, 2.24) is 4.90 Å². The SMILES string of the molecule is C=C(O)C1=NC2=C(N)C[C@H](C)N2C(C(=O)OC)=C1. The van der Waals surface area contributed by atoms with Crippen LogP contribution in [0.15, 0.2) is 40.6 Å². The summed E-state index contributed by atoms with van der Waals surface area (Å²) in [6, 6.07) is 0.0302. The lowest BCUT2D eigenvalue weighted by molar-refractivity contribution is -0.137. The molecule has 0 saturated carbocycles. The second kappa shape index (κ2) is 4.21. The number of aliphatic hydroxyl groups is 1. The predicted octanol–water partition coefficient (Wildman–Crippen LogP) is 0.792. The number of carbonyl (C=O) groups excluding carboxylic acids is 1. The first-order chi connectivity index (χ1) is 8.45. The molecule has 2 heterocycles. The number of allylic oxidation sites excluding steroid dienone is 1. The van der Waals surface area contributed by atoms with Crippen LogP contribution in [0.2, 0.25) is 0 Å². The maximum Gasteiger partial charge on any atom is 0.354 e. The van der Waals surface area contributed by atoms with E-state index in [1.165, 1.54) is 13.2 Å². The smallest absolute Gasteiger partial charge is 0.354 e. The number of nitrogens with two attached hydrogens (primary N) is 1. The molecule has 1 atom stereocenters. The van der Waals surface area contributed by atoms with Gasteiger partial charge in [-0.2, -0.15) is 0 Å². The number of aliphatic hydroxyl groups excluding tert-OH is 1. The number of fused-ring (bicyclic) bond motifs is 1. The van der Waals surface area contributed by atoms with E-state index in [0.29, 0.717) is 23.6 Å². The van der Waals surface area contributed by atoms with Crippen LogP contribution in [0.25, 0.3) is 0 Å². The van der Waals surface area contributed by atoms with E-state index in [4.69, 9.17) is 10.5 Å². The molecule has 0 aromatic carbocycles. The van der Waals surface area contributed by atoms with Gasteiger partial charge in [-0.1, -0.05) is 6.58 Å². The Balaban J connectivity index is 2.53. The Hall–Kier alpha value is -2.24. The van der Waals surface area contributed by atoms with Crippen molar-refractivity contribution < 1.29 is 14.6 Å². The topological polar surface area (TPSA) is 88.2 Å². The van der Waals surface area contributed by atoms with Crippen LogP contribution in [-0.4, -0.2) is 34.8 Å². The van der Waals surface area contributed by atoms with Crippen molar-refractivity contribution in [3.05, 3.63) is 35.6 Å². The molecule has 0 saturated heterocycles. The first-order valence-corrected chi connectivity index (χ1v) is 5.50. The van der Waals surface area contributed by atoms with Crippen molar-refractivity contribution >= 4 is 11.7 Å². The largest absolute Gasteiger partial charge is 0.506 e. The molecular weight excluding hydrogens is 234 g/mol. The number of carbonyl (C=O) groups is 1. The van der Waals surface area contributed by atoms with Gasteiger partial charge in [-0.15, -0.1) is 0 Å². The fraction of sp³-hybridized carbons (Fsp3) is 0.333. The Morgan fingerprint density at radius 3 is 2.94 bits per heavy atom. The maximum atomic E-state index is 11.8. The van der Waals surface area contributed by atoms with Gasteiger partial charge in [0.25, 0.3) is 0 Å². The molecule has 0 unspecified atom stereocenters. The summed E-state index contributed by atoms with van der Waals surface area (Å²) in [7, 11) is 1.30. The van der Waals surface area contributed by atoms with Gasteiger partial charge in [-0.3, -0.25) is 0 Å². The summed E-state index contributed by atoms with van der Waals surface area (Å²) >= 11 is 0. The summed E-state index contributed by atoms with van der Waals surface area (Å²) in [4.78, 5) is 17.7. The summed E-state index contributed by atoms with van der Waals surface area (Å²) in [6.07, 6.45) is 2.06. The number of hydrogen-bond donors (Lipinski definition) is 2. The summed E-state index contributed by atoms with van der Waals surface area (Å²) < 4.78 is 4.73. The Kier molecular flexibility index (Phi) is 2.86. The highest BCUT2D eigenvalue weighted by atomic mass is 16.5. The average molecular weight is 249 g/mol. The van der Waals surface area contributed by atoms with Crippen LogP contribution >= 0.6 is 0 Å². The molecule has 0 fully saturated rings. The lowest BCUT2D eigenvalue weighted by atomic mass is 10.2. The molecule has 6 nitrogen and oxygen atoms in total. The maximum absolute atomic E-state index is 11.8. The fourth-order valence-electron chi connectivity index (χ4n) is 2.10. The Morgan fingerprint density at radius 1 is 1.72 bits per heavy atom. The second-order valence-electron chi connectivity index (χ2n) is 4.24. The van der Waals surface area contributed by atoms with E-state index in [9.17, 15) is 9.90 Å². The summed E-state index contributed by atoms with van der Waals surface area (Å²) in [6.45, 7) is 5.34. The first-order valence-electron chi connectivity index (χ1n) is 5.50. The Labute approximate surface area is 105 Å². The molecule has 96 valence electrons.